The average Bonchev–Trinajstić information content (AvgIpc) is 2.30. The van der Waals surface area contributed by atoms with E-state index in [0.717, 1.165) is 0 Å². The molecule has 0 N–H and O–H groups in total. The Labute approximate surface area is 63.6 Å². The van der Waals surface area contributed by atoms with E-state index in [1.54, 1.807) is 0 Å². The SMILES string of the molecule is FC(F)n1cncc1C(F)(F)F. The number of imidazole rings is 1. The van der Waals surface area contributed by atoms with Gasteiger partial charge in [-0.25, -0.2) is 4.98 Å². The molecule has 1 aromatic heterocycles. The monoisotopic (exact) mass is 186 g/mol. The molecule has 0 bridgehead atoms. The number of hydrogen-bond donors (Lipinski definition) is 0. The Morgan fingerprint density at radius 1 is 1.33 bits per heavy atom. The van der Waals surface area contributed by atoms with E-state index < -0.39 is 18.4 Å². The van der Waals surface area contributed by atoms with Gasteiger partial charge in [0.2, 0.25) is 0 Å². The van der Waals surface area contributed by atoms with Gasteiger partial charge in [-0.2, -0.15) is 22.0 Å². The van der Waals surface area contributed by atoms with Gasteiger partial charge in [-0.05, 0) is 0 Å². The van der Waals surface area contributed by atoms with Crippen molar-refractivity contribution in [1.82, 2.24) is 9.55 Å². The summed E-state index contributed by atoms with van der Waals surface area (Å²) in [6.07, 6.45) is -3.99. The topological polar surface area (TPSA) is 17.8 Å². The predicted octanol–water partition coefficient (Wildman–Crippen LogP) is 2.30. The highest BCUT2D eigenvalue weighted by Gasteiger charge is 2.36. The molecule has 0 aliphatic carbocycles. The molecular formula is C5H3F5N2. The Hall–Kier alpha value is -1.14. The molecule has 68 valence electrons. The lowest BCUT2D eigenvalue weighted by Gasteiger charge is -2.08. The van der Waals surface area contributed by atoms with Crippen molar-refractivity contribution in [3.63, 3.8) is 0 Å². The van der Waals surface area contributed by atoms with Gasteiger partial charge >= 0.3 is 12.7 Å². The predicted molar refractivity (Wildman–Crippen MR) is 28.5 cm³/mol. The van der Waals surface area contributed by atoms with Crippen molar-refractivity contribution in [2.45, 2.75) is 12.7 Å². The third-order valence-corrected chi connectivity index (χ3v) is 1.17. The molecule has 0 aliphatic rings. The molecule has 0 aromatic carbocycles. The molecule has 0 unspecified atom stereocenters. The summed E-state index contributed by atoms with van der Waals surface area (Å²) in [6, 6.07) is 0. The second-order valence-electron chi connectivity index (χ2n) is 1.96. The van der Waals surface area contributed by atoms with E-state index in [9.17, 15) is 22.0 Å². The minimum Gasteiger partial charge on any atom is -0.269 e. The van der Waals surface area contributed by atoms with Gasteiger partial charge in [0.25, 0.3) is 0 Å². The summed E-state index contributed by atoms with van der Waals surface area (Å²) < 4.78 is 58.9. The number of rotatable bonds is 1. The van der Waals surface area contributed by atoms with E-state index in [1.165, 1.54) is 0 Å². The fraction of sp³-hybridized carbons (Fsp3) is 0.400. The first kappa shape index (κ1) is 8.95. The van der Waals surface area contributed by atoms with Gasteiger partial charge in [0.1, 0.15) is 5.69 Å². The molecule has 0 saturated heterocycles. The van der Waals surface area contributed by atoms with Gasteiger partial charge in [0, 0.05) is 0 Å². The van der Waals surface area contributed by atoms with Crippen LogP contribution in [0.4, 0.5) is 22.0 Å². The van der Waals surface area contributed by atoms with Crippen LogP contribution >= 0.6 is 0 Å². The van der Waals surface area contributed by atoms with Crippen LogP contribution in [0.2, 0.25) is 0 Å². The first-order chi connectivity index (χ1) is 5.43. The normalized spacial score (nSPS) is 12.5. The molecule has 0 aliphatic heterocycles. The number of nitrogens with zero attached hydrogens (tertiary/aromatic N) is 2. The van der Waals surface area contributed by atoms with Crippen LogP contribution in [0.25, 0.3) is 0 Å². The molecule has 7 heteroatoms. The van der Waals surface area contributed by atoms with Crippen LogP contribution < -0.4 is 0 Å². The van der Waals surface area contributed by atoms with Crippen molar-refractivity contribution in [2.75, 3.05) is 0 Å². The Bertz CT molecular complexity index is 263. The first-order valence-corrected chi connectivity index (χ1v) is 2.80. The van der Waals surface area contributed by atoms with E-state index in [-0.39, 0.29) is 4.57 Å². The smallest absolute Gasteiger partial charge is 0.269 e. The number of aromatic nitrogens is 2. The van der Waals surface area contributed by atoms with Gasteiger partial charge in [0.05, 0.1) is 12.5 Å². The molecule has 0 radical (unpaired) electrons. The number of alkyl halides is 5. The molecule has 1 rings (SSSR count). The maximum Gasteiger partial charge on any atom is 0.433 e. The molecule has 1 aromatic rings. The molecule has 0 saturated carbocycles. The second kappa shape index (κ2) is 2.72. The summed E-state index contributed by atoms with van der Waals surface area (Å²) >= 11 is 0. The molecule has 0 amide bonds. The molecule has 12 heavy (non-hydrogen) atoms. The number of hydrogen-bond acceptors (Lipinski definition) is 1. The zero-order chi connectivity index (χ0) is 9.35. The van der Waals surface area contributed by atoms with Crippen molar-refractivity contribution in [3.8, 4) is 0 Å². The largest absolute Gasteiger partial charge is 0.433 e. The summed E-state index contributed by atoms with van der Waals surface area (Å²) in [5, 5.41) is 0. The van der Waals surface area contributed by atoms with Gasteiger partial charge in [-0.1, -0.05) is 0 Å². The van der Waals surface area contributed by atoms with E-state index in [0.29, 0.717) is 12.5 Å². The van der Waals surface area contributed by atoms with Crippen molar-refractivity contribution < 1.29 is 22.0 Å². The highest BCUT2D eigenvalue weighted by atomic mass is 19.4. The standard InChI is InChI=1S/C5H3F5N2/c6-4(7)12-2-11-1-3(12)5(8,9)10/h1-2,4H. The van der Waals surface area contributed by atoms with Crippen LogP contribution in [0.3, 0.4) is 0 Å². The van der Waals surface area contributed by atoms with Crippen LogP contribution in [-0.2, 0) is 6.18 Å². The summed E-state index contributed by atoms with van der Waals surface area (Å²) in [4.78, 5) is 2.97. The fourth-order valence-corrected chi connectivity index (χ4v) is 0.680. The van der Waals surface area contributed by atoms with Crippen LogP contribution in [0.15, 0.2) is 12.5 Å². The third kappa shape index (κ3) is 1.54. The van der Waals surface area contributed by atoms with Crippen LogP contribution in [0.1, 0.15) is 12.2 Å². The van der Waals surface area contributed by atoms with E-state index in [2.05, 4.69) is 4.98 Å². The van der Waals surface area contributed by atoms with Crippen LogP contribution in [-0.4, -0.2) is 9.55 Å². The van der Waals surface area contributed by atoms with E-state index in [4.69, 9.17) is 0 Å². The molecule has 2 nitrogen and oxygen atoms in total. The molecule has 0 atom stereocenters. The van der Waals surface area contributed by atoms with E-state index >= 15 is 0 Å². The van der Waals surface area contributed by atoms with E-state index in [1.807, 2.05) is 0 Å². The van der Waals surface area contributed by atoms with Crippen LogP contribution in [0, 0.1) is 0 Å². The molecule has 0 spiro atoms. The maximum atomic E-state index is 11.8. The second-order valence-corrected chi connectivity index (χ2v) is 1.96. The summed E-state index contributed by atoms with van der Waals surface area (Å²) in [5.74, 6) is 0. The minimum atomic E-state index is -4.78. The average molecular weight is 186 g/mol. The summed E-state index contributed by atoms with van der Waals surface area (Å²) in [7, 11) is 0. The quantitative estimate of drug-likeness (QED) is 0.615. The number of halogens is 5. The molecular weight excluding hydrogens is 183 g/mol. The van der Waals surface area contributed by atoms with Gasteiger partial charge < -0.3 is 0 Å². The summed E-state index contributed by atoms with van der Waals surface area (Å²) in [6.45, 7) is -3.22. The highest BCUT2D eigenvalue weighted by molar-refractivity contribution is 5.03. The minimum absolute atomic E-state index is 0.236. The van der Waals surface area contributed by atoms with Crippen molar-refractivity contribution in [3.05, 3.63) is 18.2 Å². The maximum absolute atomic E-state index is 11.8. The van der Waals surface area contributed by atoms with Crippen molar-refractivity contribution in [1.29, 1.82) is 0 Å². The third-order valence-electron chi connectivity index (χ3n) is 1.17. The van der Waals surface area contributed by atoms with Crippen molar-refractivity contribution in [2.24, 2.45) is 0 Å². The van der Waals surface area contributed by atoms with Crippen LogP contribution in [0.5, 0.6) is 0 Å². The van der Waals surface area contributed by atoms with Crippen molar-refractivity contribution >= 4 is 0 Å². The Kier molecular flexibility index (Phi) is 2.03. The molecule has 0 fully saturated rings. The summed E-state index contributed by atoms with van der Waals surface area (Å²) in [5.41, 5.74) is -1.45. The zero-order valence-electron chi connectivity index (χ0n) is 5.52. The Balaban J connectivity index is 3.08. The Morgan fingerprint density at radius 3 is 2.25 bits per heavy atom. The molecule has 1 heterocycles. The Morgan fingerprint density at radius 2 is 1.92 bits per heavy atom. The van der Waals surface area contributed by atoms with Gasteiger partial charge in [-0.3, -0.25) is 4.57 Å². The first-order valence-electron chi connectivity index (χ1n) is 2.80. The zero-order valence-corrected chi connectivity index (χ0v) is 5.52. The lowest BCUT2D eigenvalue weighted by molar-refractivity contribution is -0.148. The highest BCUT2D eigenvalue weighted by Crippen LogP contribution is 2.30. The lowest BCUT2D eigenvalue weighted by atomic mass is 10.4. The van der Waals surface area contributed by atoms with Gasteiger partial charge in [0.15, 0.2) is 0 Å². The fourth-order valence-electron chi connectivity index (χ4n) is 0.680. The van der Waals surface area contributed by atoms with Gasteiger partial charge in [-0.15, -0.1) is 0 Å². The lowest BCUT2D eigenvalue weighted by Crippen LogP contribution is -2.13.